The predicted molar refractivity (Wildman–Crippen MR) is 119 cm³/mol. The smallest absolute Gasteiger partial charge is 0.260 e. The molecule has 0 unspecified atom stereocenters. The lowest BCUT2D eigenvalue weighted by atomic mass is 10.1. The van der Waals surface area contributed by atoms with Gasteiger partial charge in [-0.2, -0.15) is 0 Å². The van der Waals surface area contributed by atoms with Crippen molar-refractivity contribution in [3.63, 3.8) is 0 Å². The molecule has 9 heteroatoms. The van der Waals surface area contributed by atoms with Crippen LogP contribution in [-0.4, -0.2) is 19.9 Å². The standard InChI is InChI=1S/C20H17ClN4O2S2/c1-2-5-11-8-16(26)25-20(22-11)29-10-15-23-18(27)17-13(9-28-19(17)24-15)12-6-3-4-7-14(12)21/h3-4,6-9H,2,5,10H2,1H3,(H,22,25,26)(H,23,24,27). The van der Waals surface area contributed by atoms with Crippen molar-refractivity contribution in [1.29, 1.82) is 0 Å². The third-order valence-electron chi connectivity index (χ3n) is 4.28. The Bertz CT molecular complexity index is 1300. The predicted octanol–water partition coefficient (Wildman–Crippen LogP) is 4.63. The lowest BCUT2D eigenvalue weighted by molar-refractivity contribution is 0.815. The number of halogens is 1. The zero-order chi connectivity index (χ0) is 20.4. The maximum atomic E-state index is 12.8. The van der Waals surface area contributed by atoms with Gasteiger partial charge in [0.05, 0.1) is 11.1 Å². The number of nitrogens with zero attached hydrogens (tertiary/aromatic N) is 2. The molecular weight excluding hydrogens is 428 g/mol. The minimum absolute atomic E-state index is 0.175. The Labute approximate surface area is 179 Å². The Morgan fingerprint density at radius 3 is 2.76 bits per heavy atom. The van der Waals surface area contributed by atoms with Crippen LogP contribution in [0.15, 0.2) is 50.5 Å². The molecule has 0 saturated carbocycles. The highest BCUT2D eigenvalue weighted by Crippen LogP contribution is 2.35. The van der Waals surface area contributed by atoms with E-state index in [1.165, 1.54) is 29.2 Å². The van der Waals surface area contributed by atoms with Crippen LogP contribution in [0.2, 0.25) is 5.02 Å². The summed E-state index contributed by atoms with van der Waals surface area (Å²) in [5.41, 5.74) is 1.97. The molecule has 4 aromatic rings. The number of thioether (sulfide) groups is 1. The molecule has 0 saturated heterocycles. The molecule has 1 aromatic carbocycles. The van der Waals surface area contributed by atoms with Crippen molar-refractivity contribution in [3.05, 3.63) is 73.0 Å². The molecule has 0 aliphatic carbocycles. The first-order valence-electron chi connectivity index (χ1n) is 9.03. The van der Waals surface area contributed by atoms with Crippen LogP contribution in [0.1, 0.15) is 24.9 Å². The van der Waals surface area contributed by atoms with Gasteiger partial charge in [-0.25, -0.2) is 9.97 Å². The molecule has 0 radical (unpaired) electrons. The number of hydrogen-bond acceptors (Lipinski definition) is 6. The minimum Gasteiger partial charge on any atom is -0.309 e. The van der Waals surface area contributed by atoms with Crippen LogP contribution in [0.3, 0.4) is 0 Å². The molecule has 4 rings (SSSR count). The van der Waals surface area contributed by atoms with Gasteiger partial charge in [-0.15, -0.1) is 11.3 Å². The van der Waals surface area contributed by atoms with Gasteiger partial charge >= 0.3 is 0 Å². The Morgan fingerprint density at radius 1 is 1.14 bits per heavy atom. The molecule has 0 fully saturated rings. The number of aryl methyl sites for hydroxylation is 1. The van der Waals surface area contributed by atoms with Crippen molar-refractivity contribution in [2.24, 2.45) is 0 Å². The summed E-state index contributed by atoms with van der Waals surface area (Å²) in [5, 5.41) is 3.55. The molecule has 0 aliphatic rings. The number of aromatic nitrogens is 4. The number of thiophene rings is 1. The largest absolute Gasteiger partial charge is 0.309 e. The van der Waals surface area contributed by atoms with Crippen LogP contribution in [-0.2, 0) is 12.2 Å². The maximum absolute atomic E-state index is 12.8. The Hall–Kier alpha value is -2.42. The quantitative estimate of drug-likeness (QED) is 0.334. The van der Waals surface area contributed by atoms with Crippen LogP contribution in [0.5, 0.6) is 0 Å². The van der Waals surface area contributed by atoms with Gasteiger partial charge < -0.3 is 9.97 Å². The third-order valence-corrected chi connectivity index (χ3v) is 6.37. The van der Waals surface area contributed by atoms with Gasteiger partial charge in [-0.1, -0.05) is 54.9 Å². The fraction of sp³-hybridized carbons (Fsp3) is 0.200. The summed E-state index contributed by atoms with van der Waals surface area (Å²) in [5.74, 6) is 0.923. The van der Waals surface area contributed by atoms with Gasteiger partial charge in [0, 0.05) is 33.3 Å². The van der Waals surface area contributed by atoms with E-state index in [0.717, 1.165) is 29.7 Å². The summed E-state index contributed by atoms with van der Waals surface area (Å²) in [6.45, 7) is 2.04. The second-order valence-electron chi connectivity index (χ2n) is 6.40. The molecule has 0 bridgehead atoms. The second-order valence-corrected chi connectivity index (χ2v) is 8.63. The molecule has 3 heterocycles. The first-order valence-corrected chi connectivity index (χ1v) is 11.3. The number of nitrogens with one attached hydrogen (secondary N) is 2. The highest BCUT2D eigenvalue weighted by atomic mass is 35.5. The van der Waals surface area contributed by atoms with Crippen molar-refractivity contribution in [2.75, 3.05) is 0 Å². The highest BCUT2D eigenvalue weighted by molar-refractivity contribution is 7.98. The molecule has 0 atom stereocenters. The number of fused-ring (bicyclic) bond motifs is 1. The van der Waals surface area contributed by atoms with E-state index in [2.05, 4.69) is 19.9 Å². The van der Waals surface area contributed by atoms with Gasteiger partial charge in [0.1, 0.15) is 10.7 Å². The summed E-state index contributed by atoms with van der Waals surface area (Å²) in [4.78, 5) is 39.8. The molecule has 148 valence electrons. The van der Waals surface area contributed by atoms with Crippen LogP contribution in [0.4, 0.5) is 0 Å². The van der Waals surface area contributed by atoms with E-state index in [4.69, 9.17) is 11.6 Å². The second kappa shape index (κ2) is 8.52. The summed E-state index contributed by atoms with van der Waals surface area (Å²) >= 11 is 9.04. The minimum atomic E-state index is -0.206. The van der Waals surface area contributed by atoms with E-state index in [0.29, 0.717) is 32.0 Å². The van der Waals surface area contributed by atoms with Gasteiger partial charge in [0.25, 0.3) is 11.1 Å². The van der Waals surface area contributed by atoms with Crippen LogP contribution in [0.25, 0.3) is 21.3 Å². The van der Waals surface area contributed by atoms with Gasteiger partial charge in [0.2, 0.25) is 0 Å². The zero-order valence-corrected chi connectivity index (χ0v) is 17.9. The highest BCUT2D eigenvalue weighted by Gasteiger charge is 2.15. The van der Waals surface area contributed by atoms with Crippen molar-refractivity contribution < 1.29 is 0 Å². The van der Waals surface area contributed by atoms with E-state index in [9.17, 15) is 9.59 Å². The Morgan fingerprint density at radius 2 is 1.97 bits per heavy atom. The van der Waals surface area contributed by atoms with Gasteiger partial charge in [0.15, 0.2) is 5.16 Å². The van der Waals surface area contributed by atoms with E-state index in [1.54, 1.807) is 6.07 Å². The number of rotatable bonds is 6. The average molecular weight is 445 g/mol. The Kier molecular flexibility index (Phi) is 5.84. The van der Waals surface area contributed by atoms with E-state index in [-0.39, 0.29) is 11.1 Å². The van der Waals surface area contributed by atoms with Gasteiger partial charge in [-0.3, -0.25) is 9.59 Å². The molecule has 0 amide bonds. The molecular formula is C20H17ClN4O2S2. The third kappa shape index (κ3) is 4.29. The summed E-state index contributed by atoms with van der Waals surface area (Å²) in [6, 6.07) is 8.94. The SMILES string of the molecule is CCCc1cc(=O)[nH]c(SCc2nc3scc(-c4ccccc4Cl)c3c(=O)[nH]2)n1. The number of benzene rings is 1. The van der Waals surface area contributed by atoms with Crippen molar-refractivity contribution in [3.8, 4) is 11.1 Å². The topological polar surface area (TPSA) is 91.5 Å². The average Bonchev–Trinajstić information content (AvgIpc) is 3.11. The van der Waals surface area contributed by atoms with E-state index >= 15 is 0 Å². The van der Waals surface area contributed by atoms with Gasteiger partial charge in [-0.05, 0) is 12.5 Å². The van der Waals surface area contributed by atoms with Crippen LogP contribution < -0.4 is 11.1 Å². The van der Waals surface area contributed by atoms with Crippen LogP contribution >= 0.6 is 34.7 Å². The number of hydrogen-bond donors (Lipinski definition) is 2. The molecule has 6 nitrogen and oxygen atoms in total. The molecule has 0 aliphatic heterocycles. The fourth-order valence-corrected chi connectivity index (χ4v) is 4.97. The van der Waals surface area contributed by atoms with E-state index in [1.807, 2.05) is 30.5 Å². The van der Waals surface area contributed by atoms with E-state index < -0.39 is 0 Å². The number of aromatic amines is 2. The summed E-state index contributed by atoms with van der Waals surface area (Å²) in [7, 11) is 0. The molecule has 2 N–H and O–H groups in total. The van der Waals surface area contributed by atoms with Crippen molar-refractivity contribution in [1.82, 2.24) is 19.9 Å². The van der Waals surface area contributed by atoms with Crippen molar-refractivity contribution >= 4 is 44.9 Å². The molecule has 29 heavy (non-hydrogen) atoms. The first kappa shape index (κ1) is 19.9. The lowest BCUT2D eigenvalue weighted by Gasteiger charge is -2.05. The fourth-order valence-electron chi connectivity index (χ4n) is 3.01. The number of H-pyrrole nitrogens is 2. The summed E-state index contributed by atoms with van der Waals surface area (Å²) in [6.07, 6.45) is 1.66. The lowest BCUT2D eigenvalue weighted by Crippen LogP contribution is -2.12. The zero-order valence-electron chi connectivity index (χ0n) is 15.5. The molecule has 3 aromatic heterocycles. The Balaban J connectivity index is 1.63. The van der Waals surface area contributed by atoms with Crippen LogP contribution in [0, 0.1) is 0 Å². The molecule has 0 spiro atoms. The maximum Gasteiger partial charge on any atom is 0.260 e. The normalized spacial score (nSPS) is 11.2. The van der Waals surface area contributed by atoms with Crippen molar-refractivity contribution in [2.45, 2.75) is 30.7 Å². The first-order chi connectivity index (χ1) is 14.0. The monoisotopic (exact) mass is 444 g/mol. The summed E-state index contributed by atoms with van der Waals surface area (Å²) < 4.78 is 0.